The Balaban J connectivity index is 2.54. The van der Waals surface area contributed by atoms with Crippen molar-refractivity contribution in [1.82, 2.24) is 9.62 Å². The molecule has 0 fully saturated rings. The van der Waals surface area contributed by atoms with Gasteiger partial charge in [0, 0.05) is 7.05 Å². The zero-order valence-electron chi connectivity index (χ0n) is 14.1. The van der Waals surface area contributed by atoms with E-state index >= 15 is 0 Å². The fraction of sp³-hybridized carbons (Fsp3) is 0.400. The highest BCUT2D eigenvalue weighted by Gasteiger charge is 2.23. The van der Waals surface area contributed by atoms with Crippen LogP contribution < -0.4 is 5.32 Å². The number of likely N-dealkylation sites (N-methyl/N-ethyl adjacent to an activating group) is 1. The Kier molecular flexibility index (Phi) is 7.52. The van der Waals surface area contributed by atoms with Gasteiger partial charge in [0.05, 0.1) is 11.5 Å². The number of aryl methyl sites for hydroxylation is 1. The van der Waals surface area contributed by atoms with Crippen LogP contribution in [0, 0.1) is 6.92 Å². The Morgan fingerprint density at radius 3 is 2.28 bits per heavy atom. The number of alkyl carbamates (subject to hydrolysis) is 1. The normalized spacial score (nSPS) is 11.0. The number of esters is 1. The van der Waals surface area contributed by atoms with Crippen molar-refractivity contribution in [2.45, 2.75) is 18.7 Å². The molecule has 2 amide bonds. The van der Waals surface area contributed by atoms with E-state index in [2.05, 4.69) is 9.47 Å². The lowest BCUT2D eigenvalue weighted by Gasteiger charge is -2.16. The average Bonchev–Trinajstić information content (AvgIpc) is 2.53. The second-order valence-corrected chi connectivity index (χ2v) is 7.05. The number of ether oxygens (including phenoxy) is 2. The van der Waals surface area contributed by atoms with Gasteiger partial charge in [-0.3, -0.25) is 14.9 Å². The average molecular weight is 372 g/mol. The minimum absolute atomic E-state index is 0.0356. The van der Waals surface area contributed by atoms with Gasteiger partial charge in [-0.05, 0) is 26.0 Å². The topological polar surface area (TPSA) is 119 Å². The standard InChI is InChI=1S/C15H20N2O7S/c1-4-23-15(20)16-13(18)10-24-14(19)9-17(3)25(21,22)12-7-5-11(2)6-8-12/h5-8H,4,9-10H2,1-3H3,(H,16,18,20). The molecule has 25 heavy (non-hydrogen) atoms. The van der Waals surface area contributed by atoms with E-state index in [0.717, 1.165) is 9.87 Å². The van der Waals surface area contributed by atoms with Gasteiger partial charge in [0.2, 0.25) is 10.0 Å². The summed E-state index contributed by atoms with van der Waals surface area (Å²) in [4.78, 5) is 34.1. The third kappa shape index (κ3) is 6.51. The number of carbonyl (C=O) groups excluding carboxylic acids is 3. The van der Waals surface area contributed by atoms with Gasteiger partial charge >= 0.3 is 12.1 Å². The van der Waals surface area contributed by atoms with Crippen LogP contribution >= 0.6 is 0 Å². The number of nitrogens with zero attached hydrogens (tertiary/aromatic N) is 1. The van der Waals surface area contributed by atoms with Gasteiger partial charge in [-0.25, -0.2) is 13.2 Å². The molecule has 0 spiro atoms. The van der Waals surface area contributed by atoms with Gasteiger partial charge in [0.15, 0.2) is 6.61 Å². The molecule has 0 unspecified atom stereocenters. The third-order valence-corrected chi connectivity index (χ3v) is 4.78. The number of hydrogen-bond acceptors (Lipinski definition) is 7. The van der Waals surface area contributed by atoms with Crippen molar-refractivity contribution >= 4 is 28.0 Å². The number of imide groups is 1. The van der Waals surface area contributed by atoms with E-state index in [9.17, 15) is 22.8 Å². The second-order valence-electron chi connectivity index (χ2n) is 5.00. The maximum Gasteiger partial charge on any atom is 0.413 e. The van der Waals surface area contributed by atoms with Gasteiger partial charge in [0.25, 0.3) is 5.91 Å². The van der Waals surface area contributed by atoms with Gasteiger partial charge in [-0.1, -0.05) is 17.7 Å². The summed E-state index contributed by atoms with van der Waals surface area (Å²) in [5, 5.41) is 1.84. The molecular weight excluding hydrogens is 352 g/mol. The molecule has 0 saturated heterocycles. The Morgan fingerprint density at radius 1 is 1.12 bits per heavy atom. The first-order chi connectivity index (χ1) is 11.7. The zero-order chi connectivity index (χ0) is 19.0. The highest BCUT2D eigenvalue weighted by molar-refractivity contribution is 7.89. The summed E-state index contributed by atoms with van der Waals surface area (Å²) < 4.78 is 34.6. The maximum atomic E-state index is 12.3. The van der Waals surface area contributed by atoms with Crippen LogP contribution in [-0.2, 0) is 29.1 Å². The highest BCUT2D eigenvalue weighted by atomic mass is 32.2. The molecular formula is C15H20N2O7S. The number of benzene rings is 1. The fourth-order valence-corrected chi connectivity index (χ4v) is 2.78. The predicted molar refractivity (Wildman–Crippen MR) is 87.1 cm³/mol. The maximum absolute atomic E-state index is 12.3. The van der Waals surface area contributed by atoms with Crippen LogP contribution in [0.15, 0.2) is 29.2 Å². The number of nitrogens with one attached hydrogen (secondary N) is 1. The van der Waals surface area contributed by atoms with Crippen molar-refractivity contribution in [2.75, 3.05) is 26.8 Å². The van der Waals surface area contributed by atoms with E-state index in [1.165, 1.54) is 19.2 Å². The monoisotopic (exact) mass is 372 g/mol. The Hall–Kier alpha value is -2.46. The van der Waals surface area contributed by atoms with Crippen LogP contribution in [0.2, 0.25) is 0 Å². The minimum Gasteiger partial charge on any atom is -0.455 e. The summed E-state index contributed by atoms with van der Waals surface area (Å²) in [5.41, 5.74) is 0.897. The summed E-state index contributed by atoms with van der Waals surface area (Å²) in [7, 11) is -2.64. The quantitative estimate of drug-likeness (QED) is 0.689. The summed E-state index contributed by atoms with van der Waals surface area (Å²) >= 11 is 0. The van der Waals surface area contributed by atoms with E-state index in [-0.39, 0.29) is 11.5 Å². The number of carbonyl (C=O) groups is 3. The highest BCUT2D eigenvalue weighted by Crippen LogP contribution is 2.14. The van der Waals surface area contributed by atoms with Crippen LogP contribution in [-0.4, -0.2) is 57.5 Å². The first-order valence-electron chi connectivity index (χ1n) is 7.32. The molecule has 0 aliphatic carbocycles. The van der Waals surface area contributed by atoms with Gasteiger partial charge < -0.3 is 9.47 Å². The summed E-state index contributed by atoms with van der Waals surface area (Å²) in [6.07, 6.45) is -0.956. The third-order valence-electron chi connectivity index (χ3n) is 2.96. The molecule has 0 atom stereocenters. The molecule has 1 aromatic carbocycles. The fourth-order valence-electron chi connectivity index (χ4n) is 1.67. The van der Waals surface area contributed by atoms with E-state index in [1.807, 2.05) is 12.2 Å². The lowest BCUT2D eigenvalue weighted by molar-refractivity contribution is -0.148. The van der Waals surface area contributed by atoms with Gasteiger partial charge in [0.1, 0.15) is 6.54 Å². The summed E-state index contributed by atoms with van der Waals surface area (Å²) in [6, 6.07) is 6.14. The van der Waals surface area contributed by atoms with Crippen molar-refractivity contribution in [3.63, 3.8) is 0 Å². The summed E-state index contributed by atoms with van der Waals surface area (Å²) in [6.45, 7) is 2.16. The van der Waals surface area contributed by atoms with Crippen LogP contribution in [0.1, 0.15) is 12.5 Å². The number of sulfonamides is 1. The van der Waals surface area contributed by atoms with E-state index in [0.29, 0.717) is 0 Å². The first kappa shape index (κ1) is 20.6. The second kappa shape index (κ2) is 9.14. The van der Waals surface area contributed by atoms with Crippen LogP contribution in [0.4, 0.5) is 4.79 Å². The molecule has 0 aromatic heterocycles. The SMILES string of the molecule is CCOC(=O)NC(=O)COC(=O)CN(C)S(=O)(=O)c1ccc(C)cc1. The van der Waals surface area contributed by atoms with Crippen molar-refractivity contribution in [3.05, 3.63) is 29.8 Å². The molecule has 10 heteroatoms. The smallest absolute Gasteiger partial charge is 0.413 e. The molecule has 0 radical (unpaired) electrons. The molecule has 0 aliphatic rings. The number of hydrogen-bond donors (Lipinski definition) is 1. The zero-order valence-corrected chi connectivity index (χ0v) is 15.0. The molecule has 0 bridgehead atoms. The number of rotatable bonds is 7. The van der Waals surface area contributed by atoms with E-state index < -0.39 is 41.1 Å². The van der Waals surface area contributed by atoms with Crippen molar-refractivity contribution in [1.29, 1.82) is 0 Å². The predicted octanol–water partition coefficient (Wildman–Crippen LogP) is 0.431. The van der Waals surface area contributed by atoms with Gasteiger partial charge in [-0.15, -0.1) is 0 Å². The van der Waals surface area contributed by atoms with Gasteiger partial charge in [-0.2, -0.15) is 4.31 Å². The Labute approximate surface area is 145 Å². The minimum atomic E-state index is -3.86. The van der Waals surface area contributed by atoms with Crippen molar-refractivity contribution in [3.8, 4) is 0 Å². The van der Waals surface area contributed by atoms with E-state index in [4.69, 9.17) is 0 Å². The molecule has 9 nitrogen and oxygen atoms in total. The van der Waals surface area contributed by atoms with Crippen molar-refractivity contribution in [2.24, 2.45) is 0 Å². The molecule has 0 heterocycles. The molecule has 0 saturated carbocycles. The molecule has 1 N–H and O–H groups in total. The first-order valence-corrected chi connectivity index (χ1v) is 8.76. The van der Waals surface area contributed by atoms with Crippen molar-refractivity contribution < 1.29 is 32.3 Å². The molecule has 138 valence electrons. The van der Waals surface area contributed by atoms with Crippen LogP contribution in [0.5, 0.6) is 0 Å². The van der Waals surface area contributed by atoms with E-state index in [1.54, 1.807) is 19.1 Å². The lowest BCUT2D eigenvalue weighted by Crippen LogP contribution is -2.37. The van der Waals surface area contributed by atoms with Crippen LogP contribution in [0.3, 0.4) is 0 Å². The molecule has 1 aromatic rings. The Bertz CT molecular complexity index is 729. The van der Waals surface area contributed by atoms with Crippen LogP contribution in [0.25, 0.3) is 0 Å². The Morgan fingerprint density at radius 2 is 1.72 bits per heavy atom. The lowest BCUT2D eigenvalue weighted by atomic mass is 10.2. The largest absolute Gasteiger partial charge is 0.455 e. The summed E-state index contributed by atoms with van der Waals surface area (Å²) in [5.74, 6) is -1.81. The molecule has 0 aliphatic heterocycles. The number of amides is 2. The molecule has 1 rings (SSSR count).